The third kappa shape index (κ3) is 4.52. The first-order valence-electron chi connectivity index (χ1n) is 7.37. The van der Waals surface area contributed by atoms with Crippen molar-refractivity contribution in [3.05, 3.63) is 54.1 Å². The highest BCUT2D eigenvalue weighted by Gasteiger charge is 2.05. The number of nitrogens with one attached hydrogen (secondary N) is 1. The van der Waals surface area contributed by atoms with Crippen molar-refractivity contribution in [1.29, 1.82) is 0 Å². The largest absolute Gasteiger partial charge is 0.494 e. The van der Waals surface area contributed by atoms with Crippen molar-refractivity contribution in [2.75, 3.05) is 30.9 Å². The van der Waals surface area contributed by atoms with Crippen LogP contribution in [0, 0.1) is 0 Å². The summed E-state index contributed by atoms with van der Waals surface area (Å²) in [6, 6.07) is 15.4. The first kappa shape index (κ1) is 15.9. The first-order valence-corrected chi connectivity index (χ1v) is 7.37. The van der Waals surface area contributed by atoms with Gasteiger partial charge in [-0.25, -0.2) is 0 Å². The highest BCUT2D eigenvalue weighted by atomic mass is 16.5. The smallest absolute Gasteiger partial charge is 0.228 e. The summed E-state index contributed by atoms with van der Waals surface area (Å²) in [6.45, 7) is 2.59. The number of nitrogens with zero attached hydrogens (tertiary/aromatic N) is 1. The molecule has 0 radical (unpaired) electrons. The zero-order valence-electron chi connectivity index (χ0n) is 13.3. The maximum absolute atomic E-state index is 12.1. The lowest BCUT2D eigenvalue weighted by Crippen LogP contribution is -2.14. The van der Waals surface area contributed by atoms with Crippen molar-refractivity contribution < 1.29 is 9.53 Å². The lowest BCUT2D eigenvalue weighted by atomic mass is 10.1. The number of carbonyl (C=O) groups is 1. The third-order valence-corrected chi connectivity index (χ3v) is 3.27. The van der Waals surface area contributed by atoms with E-state index in [1.165, 1.54) is 0 Å². The third-order valence-electron chi connectivity index (χ3n) is 3.27. The highest BCUT2D eigenvalue weighted by Crippen LogP contribution is 2.16. The molecular formula is C18H22N2O2. The van der Waals surface area contributed by atoms with E-state index in [4.69, 9.17) is 4.74 Å². The molecule has 0 saturated carbocycles. The quantitative estimate of drug-likeness (QED) is 0.889. The molecule has 0 unspecified atom stereocenters. The van der Waals surface area contributed by atoms with E-state index in [0.717, 1.165) is 22.7 Å². The van der Waals surface area contributed by atoms with Crippen molar-refractivity contribution in [1.82, 2.24) is 0 Å². The van der Waals surface area contributed by atoms with Gasteiger partial charge in [0.25, 0.3) is 0 Å². The molecule has 0 aliphatic heterocycles. The second kappa shape index (κ2) is 7.50. The molecule has 0 aliphatic carbocycles. The standard InChI is InChI=1S/C18H22N2O2/c1-4-22-17-11-5-14(6-12-17)13-18(21)19-15-7-9-16(10-8-15)20(2)3/h5-12H,4,13H2,1-3H3,(H,19,21). The van der Waals surface area contributed by atoms with Crippen molar-refractivity contribution in [3.63, 3.8) is 0 Å². The van der Waals surface area contributed by atoms with Gasteiger partial charge < -0.3 is 15.0 Å². The molecule has 0 fully saturated rings. The molecule has 2 rings (SSSR count). The van der Waals surface area contributed by atoms with Crippen LogP contribution in [0.1, 0.15) is 12.5 Å². The van der Waals surface area contributed by atoms with Gasteiger partial charge in [0.2, 0.25) is 5.91 Å². The molecular weight excluding hydrogens is 276 g/mol. The number of ether oxygens (including phenoxy) is 1. The molecule has 0 spiro atoms. The van der Waals surface area contributed by atoms with Crippen LogP contribution in [-0.4, -0.2) is 26.6 Å². The van der Waals surface area contributed by atoms with Gasteiger partial charge >= 0.3 is 0 Å². The molecule has 22 heavy (non-hydrogen) atoms. The molecule has 1 amide bonds. The molecule has 2 aromatic rings. The molecule has 1 N–H and O–H groups in total. The first-order chi connectivity index (χ1) is 10.6. The van der Waals surface area contributed by atoms with Crippen LogP contribution in [0.15, 0.2) is 48.5 Å². The Hall–Kier alpha value is -2.49. The van der Waals surface area contributed by atoms with Gasteiger partial charge in [0.05, 0.1) is 13.0 Å². The van der Waals surface area contributed by atoms with Gasteiger partial charge in [-0.1, -0.05) is 12.1 Å². The molecule has 2 aromatic carbocycles. The summed E-state index contributed by atoms with van der Waals surface area (Å²) in [5.41, 5.74) is 2.87. The Morgan fingerprint density at radius 2 is 1.68 bits per heavy atom. The van der Waals surface area contributed by atoms with Crippen molar-refractivity contribution in [2.24, 2.45) is 0 Å². The average molecular weight is 298 g/mol. The van der Waals surface area contributed by atoms with Crippen LogP contribution in [0.25, 0.3) is 0 Å². The summed E-state index contributed by atoms with van der Waals surface area (Å²) in [7, 11) is 3.97. The Balaban J connectivity index is 1.91. The van der Waals surface area contributed by atoms with E-state index >= 15 is 0 Å². The number of benzene rings is 2. The minimum atomic E-state index is -0.0261. The Kier molecular flexibility index (Phi) is 5.42. The van der Waals surface area contributed by atoms with Gasteiger partial charge in [0.15, 0.2) is 0 Å². The summed E-state index contributed by atoms with van der Waals surface area (Å²) < 4.78 is 5.39. The van der Waals surface area contributed by atoms with Crippen molar-refractivity contribution >= 4 is 17.3 Å². The summed E-state index contributed by atoms with van der Waals surface area (Å²) in [5, 5.41) is 2.91. The van der Waals surface area contributed by atoms with Crippen LogP contribution < -0.4 is 15.0 Å². The topological polar surface area (TPSA) is 41.6 Å². The van der Waals surface area contributed by atoms with E-state index in [2.05, 4.69) is 5.32 Å². The summed E-state index contributed by atoms with van der Waals surface area (Å²) >= 11 is 0. The molecule has 4 nitrogen and oxygen atoms in total. The zero-order valence-corrected chi connectivity index (χ0v) is 13.3. The molecule has 0 aliphatic rings. The molecule has 0 saturated heterocycles. The number of carbonyl (C=O) groups excluding carboxylic acids is 1. The minimum Gasteiger partial charge on any atom is -0.494 e. The van der Waals surface area contributed by atoms with E-state index < -0.39 is 0 Å². The second-order valence-corrected chi connectivity index (χ2v) is 5.24. The van der Waals surface area contributed by atoms with Crippen LogP contribution >= 0.6 is 0 Å². The van der Waals surface area contributed by atoms with E-state index in [1.807, 2.05) is 74.4 Å². The monoisotopic (exact) mass is 298 g/mol. The van der Waals surface area contributed by atoms with Crippen LogP contribution in [0.3, 0.4) is 0 Å². The van der Waals surface area contributed by atoms with E-state index in [-0.39, 0.29) is 5.91 Å². The van der Waals surface area contributed by atoms with E-state index in [9.17, 15) is 4.79 Å². The van der Waals surface area contributed by atoms with Gasteiger partial charge in [0, 0.05) is 25.5 Å². The van der Waals surface area contributed by atoms with Gasteiger partial charge in [-0.2, -0.15) is 0 Å². The predicted octanol–water partition coefficient (Wildman–Crippen LogP) is 3.33. The molecule has 0 aromatic heterocycles. The maximum atomic E-state index is 12.1. The number of rotatable bonds is 6. The van der Waals surface area contributed by atoms with Crippen molar-refractivity contribution in [3.8, 4) is 5.75 Å². The molecule has 0 heterocycles. The molecule has 0 bridgehead atoms. The van der Waals surface area contributed by atoms with Gasteiger partial charge in [0.1, 0.15) is 5.75 Å². The Morgan fingerprint density at radius 1 is 1.05 bits per heavy atom. The lowest BCUT2D eigenvalue weighted by Gasteiger charge is -2.13. The summed E-state index contributed by atoms with van der Waals surface area (Å²) in [5.74, 6) is 0.799. The normalized spacial score (nSPS) is 10.1. The van der Waals surface area contributed by atoms with Gasteiger partial charge in [-0.3, -0.25) is 4.79 Å². The van der Waals surface area contributed by atoms with Crippen LogP contribution in [0.2, 0.25) is 0 Å². The minimum absolute atomic E-state index is 0.0261. The zero-order chi connectivity index (χ0) is 15.9. The van der Waals surface area contributed by atoms with E-state index in [0.29, 0.717) is 13.0 Å². The molecule has 0 atom stereocenters. The number of hydrogen-bond donors (Lipinski definition) is 1. The van der Waals surface area contributed by atoms with Gasteiger partial charge in [-0.15, -0.1) is 0 Å². The number of anilines is 2. The fraction of sp³-hybridized carbons (Fsp3) is 0.278. The van der Waals surface area contributed by atoms with Gasteiger partial charge in [-0.05, 0) is 48.9 Å². The Bertz CT molecular complexity index is 604. The fourth-order valence-electron chi connectivity index (χ4n) is 2.10. The number of hydrogen-bond acceptors (Lipinski definition) is 3. The second-order valence-electron chi connectivity index (χ2n) is 5.24. The predicted molar refractivity (Wildman–Crippen MR) is 90.7 cm³/mol. The highest BCUT2D eigenvalue weighted by molar-refractivity contribution is 5.92. The van der Waals surface area contributed by atoms with Crippen LogP contribution in [0.5, 0.6) is 5.75 Å². The SMILES string of the molecule is CCOc1ccc(CC(=O)Nc2ccc(N(C)C)cc2)cc1. The van der Waals surface area contributed by atoms with Crippen molar-refractivity contribution in [2.45, 2.75) is 13.3 Å². The molecule has 4 heteroatoms. The number of amides is 1. The average Bonchev–Trinajstić information content (AvgIpc) is 2.50. The van der Waals surface area contributed by atoms with E-state index in [1.54, 1.807) is 0 Å². The summed E-state index contributed by atoms with van der Waals surface area (Å²) in [6.07, 6.45) is 0.349. The Labute approximate surface area is 131 Å². The Morgan fingerprint density at radius 3 is 2.23 bits per heavy atom. The summed E-state index contributed by atoms with van der Waals surface area (Å²) in [4.78, 5) is 14.1. The lowest BCUT2D eigenvalue weighted by molar-refractivity contribution is -0.115. The maximum Gasteiger partial charge on any atom is 0.228 e. The van der Waals surface area contributed by atoms with Crippen LogP contribution in [0.4, 0.5) is 11.4 Å². The fourth-order valence-corrected chi connectivity index (χ4v) is 2.10. The molecule has 116 valence electrons. The van der Waals surface area contributed by atoms with Crippen LogP contribution in [-0.2, 0) is 11.2 Å².